The molecule has 2 aliphatic heterocycles. The van der Waals surface area contributed by atoms with Gasteiger partial charge in [0.05, 0.1) is 11.8 Å². The highest BCUT2D eigenvalue weighted by atomic mass is 16.5. The molecule has 0 saturated carbocycles. The van der Waals surface area contributed by atoms with Crippen molar-refractivity contribution in [1.82, 2.24) is 5.32 Å². The molecule has 4 rings (SSSR count). The largest absolute Gasteiger partial charge is 0.485 e. The predicted molar refractivity (Wildman–Crippen MR) is 117 cm³/mol. The molecule has 2 aliphatic rings. The predicted octanol–water partition coefficient (Wildman–Crippen LogP) is 2.28. The third-order valence-electron chi connectivity index (χ3n) is 5.44. The summed E-state index contributed by atoms with van der Waals surface area (Å²) in [6.45, 7) is 2.62. The maximum absolute atomic E-state index is 12.7. The number of anilines is 1. The Labute approximate surface area is 186 Å². The molecule has 2 amide bonds. The van der Waals surface area contributed by atoms with Gasteiger partial charge in [0.2, 0.25) is 5.91 Å². The smallest absolute Gasteiger partial charge is 0.265 e. The average Bonchev–Trinajstić information content (AvgIpc) is 3.31. The van der Waals surface area contributed by atoms with Gasteiger partial charge in [0, 0.05) is 18.7 Å². The van der Waals surface area contributed by atoms with Gasteiger partial charge in [0.25, 0.3) is 5.91 Å². The highest BCUT2D eigenvalue weighted by Crippen LogP contribution is 2.33. The van der Waals surface area contributed by atoms with Crippen LogP contribution in [-0.4, -0.2) is 56.6 Å². The third-order valence-corrected chi connectivity index (χ3v) is 5.44. The van der Waals surface area contributed by atoms with Crippen molar-refractivity contribution in [2.75, 3.05) is 37.8 Å². The molecular formula is C24H26N2O6. The van der Waals surface area contributed by atoms with E-state index in [4.69, 9.17) is 14.2 Å². The van der Waals surface area contributed by atoms with Crippen LogP contribution in [-0.2, 0) is 14.3 Å². The molecule has 0 aliphatic carbocycles. The third kappa shape index (κ3) is 5.26. The molecule has 1 atom stereocenters. The Hall–Kier alpha value is -3.39. The summed E-state index contributed by atoms with van der Waals surface area (Å²) in [6, 6.07) is 12.3. The van der Waals surface area contributed by atoms with Crippen molar-refractivity contribution in [3.05, 3.63) is 53.6 Å². The van der Waals surface area contributed by atoms with Crippen molar-refractivity contribution in [2.24, 2.45) is 0 Å². The number of aryl methyl sites for hydroxylation is 1. The van der Waals surface area contributed by atoms with Gasteiger partial charge in [-0.2, -0.15) is 0 Å². The Morgan fingerprint density at radius 3 is 2.88 bits per heavy atom. The summed E-state index contributed by atoms with van der Waals surface area (Å²) in [7, 11) is 0. The molecule has 8 nitrogen and oxygen atoms in total. The Morgan fingerprint density at radius 1 is 1.22 bits per heavy atom. The van der Waals surface area contributed by atoms with Crippen molar-refractivity contribution < 1.29 is 28.6 Å². The van der Waals surface area contributed by atoms with E-state index in [-0.39, 0.29) is 43.5 Å². The van der Waals surface area contributed by atoms with E-state index in [9.17, 15) is 14.4 Å². The van der Waals surface area contributed by atoms with Crippen molar-refractivity contribution in [3.8, 4) is 11.5 Å². The number of ketones is 1. The van der Waals surface area contributed by atoms with E-state index in [0.29, 0.717) is 35.9 Å². The van der Waals surface area contributed by atoms with Crippen LogP contribution in [0.5, 0.6) is 11.5 Å². The van der Waals surface area contributed by atoms with Gasteiger partial charge in [0.15, 0.2) is 19.0 Å². The SMILES string of the molecule is Cc1cccc(OCC(=O)c2ccc3c(c2)N(CC(=O)NCC2CCCO2)C(=O)CO3)c1. The lowest BCUT2D eigenvalue weighted by atomic mass is 10.1. The second-order valence-corrected chi connectivity index (χ2v) is 7.92. The minimum atomic E-state index is -0.342. The van der Waals surface area contributed by atoms with Crippen LogP contribution in [0.25, 0.3) is 0 Å². The summed E-state index contributed by atoms with van der Waals surface area (Å²) in [5.41, 5.74) is 1.81. The highest BCUT2D eigenvalue weighted by molar-refractivity contribution is 6.04. The zero-order chi connectivity index (χ0) is 22.5. The highest BCUT2D eigenvalue weighted by Gasteiger charge is 2.28. The summed E-state index contributed by atoms with van der Waals surface area (Å²) < 4.78 is 16.6. The fourth-order valence-corrected chi connectivity index (χ4v) is 3.72. The molecule has 0 bridgehead atoms. The molecule has 2 aromatic rings. The second kappa shape index (κ2) is 9.82. The van der Waals surface area contributed by atoms with Gasteiger partial charge in [-0.05, 0) is 55.7 Å². The average molecular weight is 438 g/mol. The van der Waals surface area contributed by atoms with Crippen LogP contribution in [0, 0.1) is 6.92 Å². The molecule has 1 unspecified atom stereocenters. The zero-order valence-electron chi connectivity index (χ0n) is 18.0. The first-order valence-corrected chi connectivity index (χ1v) is 10.7. The molecule has 168 valence electrons. The van der Waals surface area contributed by atoms with Crippen LogP contribution in [0.1, 0.15) is 28.8 Å². The first kappa shape index (κ1) is 21.8. The van der Waals surface area contributed by atoms with Gasteiger partial charge in [-0.3, -0.25) is 19.3 Å². The Morgan fingerprint density at radius 2 is 2.09 bits per heavy atom. The van der Waals surface area contributed by atoms with E-state index < -0.39 is 0 Å². The van der Waals surface area contributed by atoms with Crippen LogP contribution >= 0.6 is 0 Å². The van der Waals surface area contributed by atoms with Crippen LogP contribution in [0.2, 0.25) is 0 Å². The number of ether oxygens (including phenoxy) is 3. The number of Topliss-reactive ketones (excluding diaryl/α,β-unsaturated/α-hetero) is 1. The molecule has 8 heteroatoms. The van der Waals surface area contributed by atoms with Gasteiger partial charge in [-0.1, -0.05) is 12.1 Å². The molecule has 0 spiro atoms. The van der Waals surface area contributed by atoms with E-state index in [1.54, 1.807) is 24.3 Å². The maximum Gasteiger partial charge on any atom is 0.265 e. The number of amides is 2. The van der Waals surface area contributed by atoms with Gasteiger partial charge in [-0.25, -0.2) is 0 Å². The topological polar surface area (TPSA) is 94.2 Å². The van der Waals surface area contributed by atoms with Gasteiger partial charge in [-0.15, -0.1) is 0 Å². The van der Waals surface area contributed by atoms with Gasteiger partial charge >= 0.3 is 0 Å². The van der Waals surface area contributed by atoms with E-state index in [1.807, 2.05) is 25.1 Å². The molecule has 1 saturated heterocycles. The van der Waals surface area contributed by atoms with Crippen LogP contribution < -0.4 is 19.7 Å². The number of carbonyl (C=O) groups excluding carboxylic acids is 3. The lowest BCUT2D eigenvalue weighted by molar-refractivity contribution is -0.125. The summed E-state index contributed by atoms with van der Waals surface area (Å²) in [5.74, 6) is 0.189. The van der Waals surface area contributed by atoms with E-state index in [1.165, 1.54) is 4.90 Å². The Kier molecular flexibility index (Phi) is 6.70. The minimum absolute atomic E-state index is 0.0178. The number of nitrogens with one attached hydrogen (secondary N) is 1. The standard InChI is InChI=1S/C24H26N2O6/c1-16-4-2-5-18(10-16)31-14-21(27)17-7-8-22-20(11-17)26(24(29)15-32-22)13-23(28)25-12-19-6-3-9-30-19/h2,4-5,7-8,10-11,19H,3,6,9,12-15H2,1H3,(H,25,28). The van der Waals surface area contributed by atoms with Crippen LogP contribution in [0.4, 0.5) is 5.69 Å². The van der Waals surface area contributed by atoms with Crippen LogP contribution in [0.3, 0.4) is 0 Å². The molecule has 0 aromatic heterocycles. The summed E-state index contributed by atoms with van der Waals surface area (Å²) >= 11 is 0. The Balaban J connectivity index is 1.42. The van der Waals surface area contributed by atoms with Crippen LogP contribution in [0.15, 0.2) is 42.5 Å². The molecule has 1 N–H and O–H groups in total. The van der Waals surface area contributed by atoms with E-state index in [0.717, 1.165) is 18.4 Å². The number of benzene rings is 2. The number of hydrogen-bond donors (Lipinski definition) is 1. The van der Waals surface area contributed by atoms with Crippen molar-refractivity contribution >= 4 is 23.3 Å². The molecule has 2 heterocycles. The first-order valence-electron chi connectivity index (χ1n) is 10.7. The lowest BCUT2D eigenvalue weighted by Gasteiger charge is -2.29. The summed E-state index contributed by atoms with van der Waals surface area (Å²) in [5, 5.41) is 2.82. The summed E-state index contributed by atoms with van der Waals surface area (Å²) in [6.07, 6.45) is 1.92. The summed E-state index contributed by atoms with van der Waals surface area (Å²) in [4.78, 5) is 38.9. The minimum Gasteiger partial charge on any atom is -0.485 e. The molecule has 2 aromatic carbocycles. The maximum atomic E-state index is 12.7. The van der Waals surface area contributed by atoms with E-state index >= 15 is 0 Å². The fraction of sp³-hybridized carbons (Fsp3) is 0.375. The number of carbonyl (C=O) groups is 3. The molecule has 0 radical (unpaired) electrons. The number of rotatable bonds is 8. The normalized spacial score (nSPS) is 17.5. The first-order chi connectivity index (χ1) is 15.5. The lowest BCUT2D eigenvalue weighted by Crippen LogP contribution is -2.46. The van der Waals surface area contributed by atoms with E-state index in [2.05, 4.69) is 5.32 Å². The number of nitrogens with zero attached hydrogens (tertiary/aromatic N) is 1. The fourth-order valence-electron chi connectivity index (χ4n) is 3.72. The number of fused-ring (bicyclic) bond motifs is 1. The molecular weight excluding hydrogens is 412 g/mol. The Bertz CT molecular complexity index is 1020. The van der Waals surface area contributed by atoms with Gasteiger partial charge < -0.3 is 19.5 Å². The van der Waals surface area contributed by atoms with Crippen molar-refractivity contribution in [1.29, 1.82) is 0 Å². The molecule has 1 fully saturated rings. The van der Waals surface area contributed by atoms with Crippen molar-refractivity contribution in [3.63, 3.8) is 0 Å². The monoisotopic (exact) mass is 438 g/mol. The van der Waals surface area contributed by atoms with Crippen molar-refractivity contribution in [2.45, 2.75) is 25.9 Å². The number of hydrogen-bond acceptors (Lipinski definition) is 6. The second-order valence-electron chi connectivity index (χ2n) is 7.92. The molecule has 32 heavy (non-hydrogen) atoms. The zero-order valence-corrected chi connectivity index (χ0v) is 18.0. The quantitative estimate of drug-likeness (QED) is 0.636. The van der Waals surface area contributed by atoms with Gasteiger partial charge in [0.1, 0.15) is 18.0 Å².